The average Bonchev–Trinajstić information content (AvgIpc) is 2.49. The highest BCUT2D eigenvalue weighted by molar-refractivity contribution is 7.89. The molecule has 16 heavy (non-hydrogen) atoms. The summed E-state index contributed by atoms with van der Waals surface area (Å²) < 4.78 is 25.5. The zero-order valence-electron chi connectivity index (χ0n) is 9.30. The predicted octanol–water partition coefficient (Wildman–Crippen LogP) is 0.437. The molecule has 0 amide bonds. The number of nitrogens with zero attached hydrogens (tertiary/aromatic N) is 2. The summed E-state index contributed by atoms with van der Waals surface area (Å²) in [5.41, 5.74) is 0. The van der Waals surface area contributed by atoms with E-state index in [1.807, 2.05) is 0 Å². The van der Waals surface area contributed by atoms with Crippen molar-refractivity contribution in [3.8, 4) is 0 Å². The molecule has 8 heteroatoms. The maximum Gasteiger partial charge on any atom is 0.210 e. The molecule has 0 atom stereocenters. The topological polar surface area (TPSA) is 98.0 Å². The Morgan fingerprint density at radius 1 is 1.50 bits per heavy atom. The molecule has 0 aliphatic heterocycles. The molecular weight excluding hydrogens is 248 g/mol. The lowest BCUT2D eigenvalue weighted by molar-refractivity contribution is 0.598. The zero-order valence-corrected chi connectivity index (χ0v) is 10.9. The molecule has 1 rings (SSSR count). The summed E-state index contributed by atoms with van der Waals surface area (Å²) in [7, 11) is -3.41. The number of rotatable bonds is 6. The predicted molar refractivity (Wildman–Crippen MR) is 64.9 cm³/mol. The van der Waals surface area contributed by atoms with Gasteiger partial charge in [0, 0.05) is 24.5 Å². The smallest absolute Gasteiger partial charge is 0.210 e. The van der Waals surface area contributed by atoms with Crippen molar-refractivity contribution < 1.29 is 8.42 Å². The van der Waals surface area contributed by atoms with Gasteiger partial charge in [0.15, 0.2) is 0 Å². The Morgan fingerprint density at radius 2 is 2.19 bits per heavy atom. The molecule has 0 spiro atoms. The standard InChI is InChI=1S/C8H16N4O2S2/c1-6(2)5-7-11-8(15-12-7)10-3-4-16(9,13)14/h6H,3-5H2,1-2H3,(H2,9,13,14)(H,10,11,12). The molecular formula is C8H16N4O2S2. The number of anilines is 1. The van der Waals surface area contributed by atoms with E-state index in [4.69, 9.17) is 5.14 Å². The van der Waals surface area contributed by atoms with Crippen LogP contribution < -0.4 is 10.5 Å². The molecule has 0 saturated carbocycles. The van der Waals surface area contributed by atoms with Gasteiger partial charge in [-0.05, 0) is 5.92 Å². The fraction of sp³-hybridized carbons (Fsp3) is 0.750. The minimum Gasteiger partial charge on any atom is -0.359 e. The fourth-order valence-electron chi connectivity index (χ4n) is 1.07. The second-order valence-electron chi connectivity index (χ2n) is 3.91. The first-order valence-electron chi connectivity index (χ1n) is 4.94. The molecule has 1 aromatic rings. The Kier molecular flexibility index (Phi) is 4.63. The number of hydrogen-bond donors (Lipinski definition) is 2. The van der Waals surface area contributed by atoms with Gasteiger partial charge in [0.2, 0.25) is 15.2 Å². The highest BCUT2D eigenvalue weighted by Crippen LogP contribution is 2.13. The van der Waals surface area contributed by atoms with Gasteiger partial charge >= 0.3 is 0 Å². The van der Waals surface area contributed by atoms with E-state index < -0.39 is 10.0 Å². The number of nitrogens with two attached hydrogens (primary N) is 1. The van der Waals surface area contributed by atoms with Crippen LogP contribution in [0.5, 0.6) is 0 Å². The molecule has 0 radical (unpaired) electrons. The largest absolute Gasteiger partial charge is 0.359 e. The number of hydrogen-bond acceptors (Lipinski definition) is 6. The summed E-state index contributed by atoms with van der Waals surface area (Å²) in [5.74, 6) is 1.19. The van der Waals surface area contributed by atoms with Gasteiger partial charge in [-0.15, -0.1) is 0 Å². The molecule has 0 aliphatic rings. The van der Waals surface area contributed by atoms with Crippen molar-refractivity contribution >= 4 is 26.7 Å². The molecule has 0 aliphatic carbocycles. The van der Waals surface area contributed by atoms with Crippen LogP contribution in [0.15, 0.2) is 0 Å². The summed E-state index contributed by atoms with van der Waals surface area (Å²) in [4.78, 5) is 4.23. The van der Waals surface area contributed by atoms with Crippen LogP contribution in [-0.2, 0) is 16.4 Å². The molecule has 0 aromatic carbocycles. The lowest BCUT2D eigenvalue weighted by Crippen LogP contribution is -2.22. The van der Waals surface area contributed by atoms with Gasteiger partial charge in [-0.2, -0.15) is 4.37 Å². The summed E-state index contributed by atoms with van der Waals surface area (Å²) >= 11 is 1.23. The minimum atomic E-state index is -3.41. The third-order valence-electron chi connectivity index (χ3n) is 1.72. The summed E-state index contributed by atoms with van der Waals surface area (Å²) in [5, 5.41) is 8.39. The maximum atomic E-state index is 10.7. The van der Waals surface area contributed by atoms with Gasteiger partial charge in [-0.25, -0.2) is 18.5 Å². The van der Waals surface area contributed by atoms with Crippen molar-refractivity contribution in [3.63, 3.8) is 0 Å². The van der Waals surface area contributed by atoms with E-state index in [-0.39, 0.29) is 12.3 Å². The first-order valence-corrected chi connectivity index (χ1v) is 7.42. The van der Waals surface area contributed by atoms with Gasteiger partial charge in [-0.1, -0.05) is 13.8 Å². The average molecular weight is 264 g/mol. The zero-order chi connectivity index (χ0) is 12.2. The van der Waals surface area contributed by atoms with Crippen LogP contribution in [0.3, 0.4) is 0 Å². The van der Waals surface area contributed by atoms with Crippen molar-refractivity contribution in [2.75, 3.05) is 17.6 Å². The summed E-state index contributed by atoms with van der Waals surface area (Å²) in [6, 6.07) is 0. The van der Waals surface area contributed by atoms with E-state index >= 15 is 0 Å². The summed E-state index contributed by atoms with van der Waals surface area (Å²) in [6.07, 6.45) is 0.827. The first kappa shape index (κ1) is 13.3. The molecule has 0 saturated heterocycles. The van der Waals surface area contributed by atoms with Crippen LogP contribution in [-0.4, -0.2) is 30.1 Å². The van der Waals surface area contributed by atoms with Gasteiger partial charge in [0.25, 0.3) is 0 Å². The highest BCUT2D eigenvalue weighted by atomic mass is 32.2. The highest BCUT2D eigenvalue weighted by Gasteiger charge is 2.07. The number of nitrogens with one attached hydrogen (secondary N) is 1. The minimum absolute atomic E-state index is 0.105. The van der Waals surface area contributed by atoms with E-state index in [1.54, 1.807) is 0 Å². The normalized spacial score (nSPS) is 12.0. The van der Waals surface area contributed by atoms with Crippen LogP contribution in [0.25, 0.3) is 0 Å². The van der Waals surface area contributed by atoms with Crippen molar-refractivity contribution in [2.24, 2.45) is 11.1 Å². The Morgan fingerprint density at radius 3 is 2.75 bits per heavy atom. The molecule has 0 unspecified atom stereocenters. The van der Waals surface area contributed by atoms with Crippen molar-refractivity contribution in [1.82, 2.24) is 9.36 Å². The maximum absolute atomic E-state index is 10.7. The van der Waals surface area contributed by atoms with E-state index in [1.165, 1.54) is 11.5 Å². The fourth-order valence-corrected chi connectivity index (χ4v) is 2.08. The molecule has 92 valence electrons. The van der Waals surface area contributed by atoms with E-state index in [0.717, 1.165) is 12.2 Å². The van der Waals surface area contributed by atoms with Gasteiger partial charge in [0.1, 0.15) is 5.82 Å². The quantitative estimate of drug-likeness (QED) is 0.776. The Bertz CT molecular complexity index is 427. The molecule has 0 fully saturated rings. The first-order chi connectivity index (χ1) is 7.37. The monoisotopic (exact) mass is 264 g/mol. The van der Waals surface area contributed by atoms with Crippen LogP contribution in [0.4, 0.5) is 5.13 Å². The lowest BCUT2D eigenvalue weighted by Gasteiger charge is -2.00. The molecule has 6 nitrogen and oxygen atoms in total. The molecule has 3 N–H and O–H groups in total. The second-order valence-corrected chi connectivity index (χ2v) is 6.39. The molecule has 0 bridgehead atoms. The number of sulfonamides is 1. The van der Waals surface area contributed by atoms with Crippen molar-refractivity contribution in [2.45, 2.75) is 20.3 Å². The van der Waals surface area contributed by atoms with Crippen molar-refractivity contribution in [3.05, 3.63) is 5.82 Å². The number of primary sulfonamides is 1. The Hall–Kier alpha value is -0.730. The van der Waals surface area contributed by atoms with Gasteiger partial charge in [0.05, 0.1) is 5.75 Å². The Balaban J connectivity index is 2.41. The number of aromatic nitrogens is 2. The molecule has 1 aromatic heterocycles. The van der Waals surface area contributed by atoms with E-state index in [9.17, 15) is 8.42 Å². The third kappa shape index (κ3) is 5.38. The second kappa shape index (κ2) is 5.55. The van der Waals surface area contributed by atoms with Gasteiger partial charge < -0.3 is 5.32 Å². The van der Waals surface area contributed by atoms with Crippen LogP contribution in [0, 0.1) is 5.92 Å². The SMILES string of the molecule is CC(C)Cc1nsc(NCCS(N)(=O)=O)n1. The van der Waals surface area contributed by atoms with Crippen LogP contribution in [0.2, 0.25) is 0 Å². The van der Waals surface area contributed by atoms with Gasteiger partial charge in [-0.3, -0.25) is 0 Å². The molecule has 1 heterocycles. The van der Waals surface area contributed by atoms with Crippen molar-refractivity contribution in [1.29, 1.82) is 0 Å². The van der Waals surface area contributed by atoms with Crippen LogP contribution >= 0.6 is 11.5 Å². The van der Waals surface area contributed by atoms with E-state index in [2.05, 4.69) is 28.5 Å². The third-order valence-corrected chi connectivity index (χ3v) is 3.21. The van der Waals surface area contributed by atoms with Crippen LogP contribution in [0.1, 0.15) is 19.7 Å². The van der Waals surface area contributed by atoms with E-state index in [0.29, 0.717) is 11.0 Å². The summed E-state index contributed by atoms with van der Waals surface area (Å²) in [6.45, 7) is 4.44. The Labute approximate surface area is 99.5 Å². The lowest BCUT2D eigenvalue weighted by atomic mass is 10.1.